The number of nitrogens with zero attached hydrogens (tertiary/aromatic N) is 4. The summed E-state index contributed by atoms with van der Waals surface area (Å²) in [5.74, 6) is 1.91. The average molecular weight is 447 g/mol. The first-order chi connectivity index (χ1) is 15.8. The van der Waals surface area contributed by atoms with Crippen molar-refractivity contribution in [3.05, 3.63) is 72.0 Å². The van der Waals surface area contributed by atoms with Crippen LogP contribution in [0, 0.1) is 0 Å². The van der Waals surface area contributed by atoms with Crippen molar-refractivity contribution < 1.29 is 4.42 Å². The van der Waals surface area contributed by atoms with Crippen LogP contribution in [0.2, 0.25) is 0 Å². The van der Waals surface area contributed by atoms with Crippen molar-refractivity contribution in [3.63, 3.8) is 0 Å². The van der Waals surface area contributed by atoms with Gasteiger partial charge < -0.3 is 25.7 Å². The molecule has 0 saturated heterocycles. The number of amidine groups is 2. The lowest BCUT2D eigenvalue weighted by Crippen LogP contribution is -2.19. The van der Waals surface area contributed by atoms with Gasteiger partial charge in [-0.15, -0.1) is 0 Å². The highest BCUT2D eigenvalue weighted by molar-refractivity contribution is 5.98. The number of rotatable bonds is 10. The Hall–Kier alpha value is -3.42. The molecule has 1 heterocycles. The van der Waals surface area contributed by atoms with Crippen LogP contribution in [0.25, 0.3) is 22.5 Å². The maximum absolute atomic E-state index is 6.12. The highest BCUT2D eigenvalue weighted by Crippen LogP contribution is 2.29. The third-order valence-electron chi connectivity index (χ3n) is 5.24. The third-order valence-corrected chi connectivity index (χ3v) is 5.24. The summed E-state index contributed by atoms with van der Waals surface area (Å²) in [5, 5.41) is 0. The van der Waals surface area contributed by atoms with Gasteiger partial charge >= 0.3 is 0 Å². The van der Waals surface area contributed by atoms with Crippen LogP contribution in [0.1, 0.15) is 11.1 Å². The highest BCUT2D eigenvalue weighted by Gasteiger charge is 2.08. The number of aliphatic imine (C=N–C) groups is 2. The molecule has 0 amide bonds. The molecule has 0 saturated carbocycles. The fraction of sp³-hybridized carbons (Fsp3) is 0.308. The van der Waals surface area contributed by atoms with E-state index < -0.39 is 0 Å². The van der Waals surface area contributed by atoms with Crippen LogP contribution in [0.4, 0.5) is 0 Å². The summed E-state index contributed by atoms with van der Waals surface area (Å²) in [5.41, 5.74) is 17.1. The summed E-state index contributed by atoms with van der Waals surface area (Å²) >= 11 is 0. The Morgan fingerprint density at radius 3 is 1.61 bits per heavy atom. The first kappa shape index (κ1) is 24.2. The van der Waals surface area contributed by atoms with Crippen molar-refractivity contribution in [3.8, 4) is 22.5 Å². The van der Waals surface area contributed by atoms with Crippen LogP contribution in [0.5, 0.6) is 0 Å². The normalized spacial score (nSPS) is 12.7. The van der Waals surface area contributed by atoms with Crippen LogP contribution in [0.15, 0.2) is 75.3 Å². The van der Waals surface area contributed by atoms with Gasteiger partial charge in [-0.25, -0.2) is 0 Å². The zero-order chi connectivity index (χ0) is 23.8. The summed E-state index contributed by atoms with van der Waals surface area (Å²) in [6, 6.07) is 18.0. The lowest BCUT2D eigenvalue weighted by Gasteiger charge is -2.07. The molecular formula is C26H34N6O. The summed E-state index contributed by atoms with van der Waals surface area (Å²) in [6.45, 7) is 3.09. The number of nitrogens with two attached hydrogens (primary N) is 2. The Labute approximate surface area is 196 Å². The van der Waals surface area contributed by atoms with Gasteiger partial charge in [0.1, 0.15) is 17.4 Å². The van der Waals surface area contributed by atoms with Gasteiger partial charge in [0.2, 0.25) is 0 Å². The van der Waals surface area contributed by atoms with Crippen molar-refractivity contribution in [2.24, 2.45) is 21.5 Å². The van der Waals surface area contributed by atoms with E-state index in [0.29, 0.717) is 24.8 Å². The van der Waals surface area contributed by atoms with E-state index in [-0.39, 0.29) is 0 Å². The molecule has 4 N–H and O–H groups in total. The van der Waals surface area contributed by atoms with Crippen molar-refractivity contribution >= 4 is 11.7 Å². The molecule has 1 aromatic heterocycles. The van der Waals surface area contributed by atoms with Crippen LogP contribution >= 0.6 is 0 Å². The standard InChI is InChI=1S/C26H34N6O/c1-31(2)15-13-29-25(27)21-9-5-19(6-10-21)23-17-24(33-18-23)20-7-11-22(12-8-20)26(28)30-14-16-32(3)4/h5-12,17-18H,13-16H2,1-4H3,(H2,27,29)(H2,28,30). The van der Waals surface area contributed by atoms with Crippen molar-refractivity contribution in [1.82, 2.24) is 9.80 Å². The Morgan fingerprint density at radius 2 is 1.15 bits per heavy atom. The molecule has 3 aromatic rings. The van der Waals surface area contributed by atoms with E-state index in [1.807, 2.05) is 82.8 Å². The van der Waals surface area contributed by atoms with Crippen molar-refractivity contribution in [2.45, 2.75) is 0 Å². The molecular weight excluding hydrogens is 412 g/mol. The molecule has 0 aliphatic heterocycles. The molecule has 0 atom stereocenters. The second-order valence-electron chi connectivity index (χ2n) is 8.49. The Balaban J connectivity index is 1.67. The van der Waals surface area contributed by atoms with Crippen molar-refractivity contribution in [2.75, 3.05) is 54.4 Å². The van der Waals surface area contributed by atoms with Crippen LogP contribution in [-0.4, -0.2) is 75.8 Å². The van der Waals surface area contributed by atoms with Gasteiger partial charge in [-0.05, 0) is 39.8 Å². The van der Waals surface area contributed by atoms with Gasteiger partial charge in [0.25, 0.3) is 0 Å². The Morgan fingerprint density at radius 1 is 0.697 bits per heavy atom. The molecule has 33 heavy (non-hydrogen) atoms. The molecule has 0 unspecified atom stereocenters. The molecule has 0 fully saturated rings. The van der Waals surface area contributed by atoms with Gasteiger partial charge in [0.05, 0.1) is 19.4 Å². The fourth-order valence-electron chi connectivity index (χ4n) is 3.20. The van der Waals surface area contributed by atoms with Gasteiger partial charge in [0.15, 0.2) is 0 Å². The lowest BCUT2D eigenvalue weighted by molar-refractivity contribution is 0.420. The van der Waals surface area contributed by atoms with Crippen LogP contribution in [-0.2, 0) is 0 Å². The number of hydrogen-bond acceptors (Lipinski definition) is 5. The zero-order valence-electron chi connectivity index (χ0n) is 20.0. The molecule has 0 bridgehead atoms. The van der Waals surface area contributed by atoms with Gasteiger partial charge in [0, 0.05) is 35.3 Å². The monoisotopic (exact) mass is 446 g/mol. The number of likely N-dealkylation sites (N-methyl/N-ethyl adjacent to an activating group) is 2. The van der Waals surface area contributed by atoms with Gasteiger partial charge in [-0.2, -0.15) is 0 Å². The second-order valence-corrected chi connectivity index (χ2v) is 8.49. The predicted octanol–water partition coefficient (Wildman–Crippen LogP) is 3.15. The highest BCUT2D eigenvalue weighted by atomic mass is 16.3. The molecule has 7 nitrogen and oxygen atoms in total. The van der Waals surface area contributed by atoms with E-state index in [9.17, 15) is 0 Å². The maximum Gasteiger partial charge on any atom is 0.134 e. The minimum absolute atomic E-state index is 0.549. The van der Waals surface area contributed by atoms with Crippen molar-refractivity contribution in [1.29, 1.82) is 0 Å². The van der Waals surface area contributed by atoms with E-state index in [1.54, 1.807) is 6.26 Å². The SMILES string of the molecule is CN(C)CCN=C(N)c1ccc(-c2coc(-c3ccc(C(N)=NCCN(C)C)cc3)c2)cc1. The molecule has 7 heteroatoms. The quantitative estimate of drug-likeness (QED) is 0.368. The first-order valence-corrected chi connectivity index (χ1v) is 11.0. The third kappa shape index (κ3) is 7.03. The molecule has 3 rings (SSSR count). The van der Waals surface area contributed by atoms with Gasteiger partial charge in [-0.3, -0.25) is 9.98 Å². The Bertz CT molecular complexity index is 993. The largest absolute Gasteiger partial charge is 0.464 e. The topological polar surface area (TPSA) is 96.4 Å². The molecule has 2 aromatic carbocycles. The molecule has 174 valence electrons. The zero-order valence-corrected chi connectivity index (χ0v) is 20.0. The molecule has 0 aliphatic rings. The van der Waals surface area contributed by atoms with E-state index in [2.05, 4.69) is 19.8 Å². The van der Waals surface area contributed by atoms with Gasteiger partial charge in [-0.1, -0.05) is 48.5 Å². The lowest BCUT2D eigenvalue weighted by atomic mass is 10.0. The predicted molar refractivity (Wildman–Crippen MR) is 138 cm³/mol. The average Bonchev–Trinajstić information content (AvgIpc) is 3.29. The fourth-order valence-corrected chi connectivity index (χ4v) is 3.20. The molecule has 0 radical (unpaired) electrons. The molecule has 0 aliphatic carbocycles. The van der Waals surface area contributed by atoms with E-state index in [4.69, 9.17) is 15.9 Å². The van der Waals surface area contributed by atoms with Crippen LogP contribution < -0.4 is 11.5 Å². The summed E-state index contributed by atoms with van der Waals surface area (Å²) in [6.07, 6.45) is 1.77. The summed E-state index contributed by atoms with van der Waals surface area (Å²) < 4.78 is 5.83. The van der Waals surface area contributed by atoms with E-state index >= 15 is 0 Å². The summed E-state index contributed by atoms with van der Waals surface area (Å²) in [4.78, 5) is 13.0. The van der Waals surface area contributed by atoms with E-state index in [0.717, 1.165) is 46.7 Å². The number of furan rings is 1. The number of hydrogen-bond donors (Lipinski definition) is 2. The number of benzene rings is 2. The molecule has 0 spiro atoms. The summed E-state index contributed by atoms with van der Waals surface area (Å²) in [7, 11) is 8.07. The van der Waals surface area contributed by atoms with E-state index in [1.165, 1.54) is 0 Å². The smallest absolute Gasteiger partial charge is 0.134 e. The maximum atomic E-state index is 6.12. The first-order valence-electron chi connectivity index (χ1n) is 11.0. The Kier molecular flexibility index (Phi) is 8.40. The minimum atomic E-state index is 0.549. The minimum Gasteiger partial charge on any atom is -0.464 e. The van der Waals surface area contributed by atoms with Crippen LogP contribution in [0.3, 0.4) is 0 Å². The second kappa shape index (κ2) is 11.4.